The lowest BCUT2D eigenvalue weighted by atomic mass is 10.0. The lowest BCUT2D eigenvalue weighted by Gasteiger charge is -2.26. The van der Waals surface area contributed by atoms with E-state index in [4.69, 9.17) is 16.5 Å². The Morgan fingerprint density at radius 1 is 0.364 bits per heavy atom. The molecule has 12 aromatic rings. The first-order chi connectivity index (χ1) is 37.9. The molecule has 358 valence electrons. The van der Waals surface area contributed by atoms with Crippen LogP contribution in [-0.4, -0.2) is 14.5 Å². The lowest BCUT2D eigenvalue weighted by molar-refractivity contribution is 1.18. The molecule has 0 fully saturated rings. The fraction of sp³-hybridized carbons (Fsp3) is 0. The number of fused-ring (bicyclic) bond motifs is 3. The molecule has 2 aromatic heterocycles. The Kier molecular flexibility index (Phi) is 12.3. The highest BCUT2D eigenvalue weighted by atomic mass is 15.2. The maximum Gasteiger partial charge on any atom is 0.187 e. The van der Waals surface area contributed by atoms with Gasteiger partial charge in [0.05, 0.1) is 63.9 Å². The monoisotopic (exact) mass is 983 g/mol. The van der Waals surface area contributed by atoms with E-state index in [9.17, 15) is 15.8 Å². The topological polar surface area (TPSA) is 113 Å². The molecule has 0 atom stereocenters. The summed E-state index contributed by atoms with van der Waals surface area (Å²) in [4.78, 5) is 18.0. The summed E-state index contributed by atoms with van der Waals surface area (Å²) in [5.41, 5.74) is 17.2. The van der Waals surface area contributed by atoms with Crippen LogP contribution in [0.15, 0.2) is 249 Å². The Hall–Kier alpha value is -11.4. The van der Waals surface area contributed by atoms with Crippen molar-refractivity contribution in [1.29, 1.82) is 15.8 Å². The summed E-state index contributed by atoms with van der Waals surface area (Å²) >= 11 is 0. The van der Waals surface area contributed by atoms with Crippen molar-refractivity contribution in [2.75, 3.05) is 9.80 Å². The molecule has 9 heteroatoms. The zero-order valence-electron chi connectivity index (χ0n) is 41.2. The fourth-order valence-electron chi connectivity index (χ4n) is 9.88. The number of nitrogens with zero attached hydrogens (tertiary/aromatic N) is 9. The molecule has 0 saturated carbocycles. The van der Waals surface area contributed by atoms with Crippen molar-refractivity contribution in [1.82, 2.24) is 14.5 Å². The molecular weight excluding hydrogens is 943 g/mol. The molecule has 0 N–H and O–H groups in total. The summed E-state index contributed by atoms with van der Waals surface area (Å²) < 4.78 is 2.32. The minimum absolute atomic E-state index is 0.532. The quantitative estimate of drug-likeness (QED) is 0.119. The van der Waals surface area contributed by atoms with Gasteiger partial charge in [-0.25, -0.2) is 14.8 Å². The molecule has 0 radical (unpaired) electrons. The van der Waals surface area contributed by atoms with Crippen molar-refractivity contribution in [2.24, 2.45) is 0 Å². The average Bonchev–Trinajstić information content (AvgIpc) is 3.84. The third kappa shape index (κ3) is 9.13. The SMILES string of the molecule is [C-]#[N+]c1ccc(N(c2ccc(C#N)cc2)c2ccc3c(c2)c2cc(N(c4ccccc4)c4ccccc4)ccc2n3-c2ccc(-c3ccc(-c4cc(-c5ccc(C#N)cc5)nc(-c5ccc(C#N)cc5)n4)cc3)cc2)cc1. The van der Waals surface area contributed by atoms with Crippen LogP contribution in [0.2, 0.25) is 0 Å². The van der Waals surface area contributed by atoms with Crippen LogP contribution in [-0.2, 0) is 0 Å². The molecular formula is C68H41N9. The summed E-state index contributed by atoms with van der Waals surface area (Å²) in [5, 5.41) is 30.7. The molecule has 0 aliphatic heterocycles. The van der Waals surface area contributed by atoms with Gasteiger partial charge in [0.15, 0.2) is 11.5 Å². The fourth-order valence-corrected chi connectivity index (χ4v) is 9.88. The Bertz CT molecular complexity index is 4140. The van der Waals surface area contributed by atoms with Crippen molar-refractivity contribution in [3.63, 3.8) is 0 Å². The molecule has 2 heterocycles. The van der Waals surface area contributed by atoms with Crippen LogP contribution in [0.4, 0.5) is 39.8 Å². The van der Waals surface area contributed by atoms with Crippen LogP contribution < -0.4 is 9.80 Å². The van der Waals surface area contributed by atoms with Crippen molar-refractivity contribution >= 4 is 61.6 Å². The highest BCUT2D eigenvalue weighted by Gasteiger charge is 2.21. The Balaban J connectivity index is 0.952. The van der Waals surface area contributed by atoms with E-state index in [1.54, 1.807) is 24.3 Å². The number of anilines is 6. The van der Waals surface area contributed by atoms with Crippen LogP contribution in [0.1, 0.15) is 16.7 Å². The van der Waals surface area contributed by atoms with E-state index in [1.807, 2.05) is 91.0 Å². The van der Waals surface area contributed by atoms with Crippen LogP contribution in [0.5, 0.6) is 0 Å². The van der Waals surface area contributed by atoms with E-state index >= 15 is 0 Å². The molecule has 0 unspecified atom stereocenters. The minimum Gasteiger partial charge on any atom is -0.311 e. The highest BCUT2D eigenvalue weighted by molar-refractivity contribution is 6.12. The van der Waals surface area contributed by atoms with Crippen molar-refractivity contribution < 1.29 is 0 Å². The molecule has 0 bridgehead atoms. The molecule has 77 heavy (non-hydrogen) atoms. The molecule has 0 amide bonds. The smallest absolute Gasteiger partial charge is 0.187 e. The summed E-state index contributed by atoms with van der Waals surface area (Å²) in [6, 6.07) is 89.5. The van der Waals surface area contributed by atoms with E-state index in [1.165, 1.54) is 0 Å². The number of hydrogen-bond acceptors (Lipinski definition) is 7. The largest absolute Gasteiger partial charge is 0.311 e. The van der Waals surface area contributed by atoms with Crippen LogP contribution in [0.3, 0.4) is 0 Å². The normalized spacial score (nSPS) is 10.8. The van der Waals surface area contributed by atoms with Gasteiger partial charge in [-0.3, -0.25) is 0 Å². The summed E-state index contributed by atoms with van der Waals surface area (Å²) in [5.74, 6) is 0.532. The van der Waals surface area contributed by atoms with E-state index in [0.717, 1.165) is 101 Å². The first kappa shape index (κ1) is 46.7. The van der Waals surface area contributed by atoms with Gasteiger partial charge in [-0.1, -0.05) is 97.1 Å². The van der Waals surface area contributed by atoms with Crippen molar-refractivity contribution in [3.05, 3.63) is 277 Å². The molecule has 12 rings (SSSR count). The first-order valence-electron chi connectivity index (χ1n) is 24.8. The Morgan fingerprint density at radius 2 is 0.727 bits per heavy atom. The van der Waals surface area contributed by atoms with Crippen LogP contribution >= 0.6 is 0 Å². The second kappa shape index (κ2) is 20.3. The lowest BCUT2D eigenvalue weighted by Crippen LogP contribution is -2.10. The second-order valence-electron chi connectivity index (χ2n) is 18.3. The number of aromatic nitrogens is 3. The highest BCUT2D eigenvalue weighted by Crippen LogP contribution is 2.43. The molecule has 0 spiro atoms. The number of benzene rings is 10. The standard InChI is InChI=1S/C68H41N9/c1-72-54-28-34-58(35-29-54)76(57-30-16-48(45-71)17-31-57)61-37-39-67-63(41-61)62-40-60(75(55-8-4-2-5-9-55)56-10-6-3-7-11-56)36-38-66(62)77(67)59-32-26-50(27-33-59)49-22-24-52(25-23-49)65-42-64(51-18-12-46(43-69)13-19-51)73-68(74-65)53-20-14-47(44-70)15-21-53/h2-42H. The number of para-hydroxylation sites is 2. The molecule has 0 aliphatic carbocycles. The number of nitriles is 3. The van der Waals surface area contributed by atoms with Crippen molar-refractivity contribution in [3.8, 4) is 68.9 Å². The predicted octanol–water partition coefficient (Wildman–Crippen LogP) is 17.3. The number of rotatable bonds is 11. The summed E-state index contributed by atoms with van der Waals surface area (Å²) in [6.45, 7) is 7.62. The van der Waals surface area contributed by atoms with Gasteiger partial charge < -0.3 is 14.4 Å². The maximum atomic E-state index is 9.69. The third-order valence-electron chi connectivity index (χ3n) is 13.7. The van der Waals surface area contributed by atoms with Gasteiger partial charge in [0.2, 0.25) is 0 Å². The zero-order chi connectivity index (χ0) is 52.2. The third-order valence-corrected chi connectivity index (χ3v) is 13.7. The Morgan fingerprint density at radius 3 is 1.17 bits per heavy atom. The molecule has 0 aliphatic rings. The minimum atomic E-state index is 0.532. The van der Waals surface area contributed by atoms with Crippen LogP contribution in [0.25, 0.3) is 77.4 Å². The Labute approximate surface area is 445 Å². The van der Waals surface area contributed by atoms with Gasteiger partial charge in [0.25, 0.3) is 0 Å². The van der Waals surface area contributed by atoms with Gasteiger partial charge in [-0.2, -0.15) is 15.8 Å². The molecule has 9 nitrogen and oxygen atoms in total. The van der Waals surface area contributed by atoms with Gasteiger partial charge in [0.1, 0.15) is 0 Å². The number of hydrogen-bond donors (Lipinski definition) is 0. The van der Waals surface area contributed by atoms with Gasteiger partial charge in [-0.15, -0.1) is 0 Å². The average molecular weight is 984 g/mol. The molecule has 0 saturated heterocycles. The maximum absolute atomic E-state index is 9.69. The first-order valence-corrected chi connectivity index (χ1v) is 24.8. The van der Waals surface area contributed by atoms with Gasteiger partial charge >= 0.3 is 0 Å². The van der Waals surface area contributed by atoms with Crippen molar-refractivity contribution in [2.45, 2.75) is 0 Å². The van der Waals surface area contributed by atoms with E-state index in [2.05, 4.69) is 171 Å². The summed E-state index contributed by atoms with van der Waals surface area (Å²) in [7, 11) is 0. The van der Waals surface area contributed by atoms with Gasteiger partial charge in [0, 0.05) is 67.3 Å². The van der Waals surface area contributed by atoms with E-state index in [0.29, 0.717) is 28.2 Å². The zero-order valence-corrected chi connectivity index (χ0v) is 41.2. The predicted molar refractivity (Wildman–Crippen MR) is 308 cm³/mol. The van der Waals surface area contributed by atoms with E-state index in [-0.39, 0.29) is 0 Å². The molecule has 10 aromatic carbocycles. The van der Waals surface area contributed by atoms with Gasteiger partial charge in [-0.05, 0) is 163 Å². The summed E-state index contributed by atoms with van der Waals surface area (Å²) in [6.07, 6.45) is 0. The van der Waals surface area contributed by atoms with E-state index < -0.39 is 0 Å². The second-order valence-corrected chi connectivity index (χ2v) is 18.3. The van der Waals surface area contributed by atoms with Crippen LogP contribution in [0, 0.1) is 40.6 Å².